The SMILES string of the molecule is COc1ccc(N(Cc2cccs2)S(=O)(=O)c2ccc3[nH]c(=O)[nH]c3c2)cc1. The summed E-state index contributed by atoms with van der Waals surface area (Å²) in [5.74, 6) is 0.642. The van der Waals surface area contributed by atoms with E-state index < -0.39 is 10.0 Å². The van der Waals surface area contributed by atoms with Crippen LogP contribution in [0.4, 0.5) is 5.69 Å². The van der Waals surface area contributed by atoms with Gasteiger partial charge in [0.2, 0.25) is 0 Å². The van der Waals surface area contributed by atoms with Gasteiger partial charge in [-0.3, -0.25) is 4.31 Å². The highest BCUT2D eigenvalue weighted by atomic mass is 32.2. The average Bonchev–Trinajstić information content (AvgIpc) is 3.33. The van der Waals surface area contributed by atoms with Crippen LogP contribution in [0.1, 0.15) is 4.88 Å². The van der Waals surface area contributed by atoms with Crippen LogP contribution in [-0.4, -0.2) is 25.5 Å². The molecule has 0 bridgehead atoms. The Bertz CT molecular complexity index is 1260. The Kier molecular flexibility index (Phi) is 4.70. The van der Waals surface area contributed by atoms with Crippen molar-refractivity contribution in [3.05, 3.63) is 75.3 Å². The molecule has 0 fully saturated rings. The van der Waals surface area contributed by atoms with Gasteiger partial charge in [-0.2, -0.15) is 0 Å². The number of fused-ring (bicyclic) bond motifs is 1. The molecule has 0 aliphatic carbocycles. The van der Waals surface area contributed by atoms with Gasteiger partial charge in [-0.1, -0.05) is 6.07 Å². The van der Waals surface area contributed by atoms with Crippen molar-refractivity contribution in [2.24, 2.45) is 0 Å². The summed E-state index contributed by atoms with van der Waals surface area (Å²) in [5.41, 5.74) is 1.14. The number of hydrogen-bond donors (Lipinski definition) is 2. The number of ether oxygens (including phenoxy) is 1. The van der Waals surface area contributed by atoms with Gasteiger partial charge < -0.3 is 14.7 Å². The number of hydrogen-bond acceptors (Lipinski definition) is 5. The van der Waals surface area contributed by atoms with Crippen molar-refractivity contribution in [1.82, 2.24) is 9.97 Å². The van der Waals surface area contributed by atoms with E-state index in [0.29, 0.717) is 22.5 Å². The minimum atomic E-state index is -3.87. The van der Waals surface area contributed by atoms with Crippen molar-refractivity contribution in [3.8, 4) is 5.75 Å². The lowest BCUT2D eigenvalue weighted by molar-refractivity contribution is 0.415. The number of thiophene rings is 1. The minimum Gasteiger partial charge on any atom is -0.497 e. The summed E-state index contributed by atoms with van der Waals surface area (Å²) in [6.45, 7) is 0.202. The topological polar surface area (TPSA) is 95.3 Å². The van der Waals surface area contributed by atoms with Crippen LogP contribution >= 0.6 is 11.3 Å². The van der Waals surface area contributed by atoms with Crippen LogP contribution in [-0.2, 0) is 16.6 Å². The third-order valence-electron chi connectivity index (χ3n) is 4.32. The molecule has 0 aliphatic heterocycles. The normalized spacial score (nSPS) is 11.6. The van der Waals surface area contributed by atoms with Crippen LogP contribution in [0.25, 0.3) is 11.0 Å². The molecule has 0 saturated carbocycles. The van der Waals surface area contributed by atoms with Crippen LogP contribution in [0.2, 0.25) is 0 Å². The summed E-state index contributed by atoms with van der Waals surface area (Å²) in [5, 5.41) is 1.91. The molecule has 0 unspecified atom stereocenters. The zero-order valence-corrected chi connectivity index (χ0v) is 16.5. The van der Waals surface area contributed by atoms with E-state index in [1.54, 1.807) is 37.4 Å². The van der Waals surface area contributed by atoms with Crippen molar-refractivity contribution in [2.75, 3.05) is 11.4 Å². The third kappa shape index (κ3) is 3.41. The first kappa shape index (κ1) is 18.3. The van der Waals surface area contributed by atoms with E-state index in [-0.39, 0.29) is 17.1 Å². The zero-order valence-electron chi connectivity index (χ0n) is 14.9. The molecule has 2 heterocycles. The van der Waals surface area contributed by atoms with E-state index in [0.717, 1.165) is 4.88 Å². The Morgan fingerprint density at radius 3 is 2.46 bits per heavy atom. The van der Waals surface area contributed by atoms with Gasteiger partial charge in [0.05, 0.1) is 35.3 Å². The molecule has 0 atom stereocenters. The summed E-state index contributed by atoms with van der Waals surface area (Å²) < 4.78 is 33.4. The largest absolute Gasteiger partial charge is 0.497 e. The highest BCUT2D eigenvalue weighted by Crippen LogP contribution is 2.29. The predicted octanol–water partition coefficient (Wildman–Crippen LogP) is 3.32. The maximum atomic E-state index is 13.5. The lowest BCUT2D eigenvalue weighted by Gasteiger charge is -2.24. The zero-order chi connectivity index (χ0) is 19.7. The molecule has 0 amide bonds. The highest BCUT2D eigenvalue weighted by molar-refractivity contribution is 7.92. The molecule has 0 spiro atoms. The van der Waals surface area contributed by atoms with Crippen molar-refractivity contribution < 1.29 is 13.2 Å². The van der Waals surface area contributed by atoms with E-state index in [9.17, 15) is 13.2 Å². The fraction of sp³-hybridized carbons (Fsp3) is 0.105. The second kappa shape index (κ2) is 7.17. The number of anilines is 1. The summed E-state index contributed by atoms with van der Waals surface area (Å²) in [6, 6.07) is 15.2. The number of nitrogens with one attached hydrogen (secondary N) is 2. The van der Waals surface area contributed by atoms with Gasteiger partial charge in [0.15, 0.2) is 0 Å². The molecule has 2 N–H and O–H groups in total. The van der Waals surface area contributed by atoms with E-state index >= 15 is 0 Å². The Hall–Kier alpha value is -3.04. The minimum absolute atomic E-state index is 0.0997. The van der Waals surface area contributed by atoms with Crippen LogP contribution < -0.4 is 14.7 Å². The van der Waals surface area contributed by atoms with Crippen LogP contribution in [0.5, 0.6) is 5.75 Å². The van der Waals surface area contributed by atoms with Crippen LogP contribution in [0.3, 0.4) is 0 Å². The number of aromatic nitrogens is 2. The first-order chi connectivity index (χ1) is 13.5. The number of sulfonamides is 1. The molecule has 4 aromatic rings. The fourth-order valence-electron chi connectivity index (χ4n) is 2.91. The van der Waals surface area contributed by atoms with Crippen LogP contribution in [0, 0.1) is 0 Å². The molecule has 144 valence electrons. The quantitative estimate of drug-likeness (QED) is 0.505. The second-order valence-corrected chi connectivity index (χ2v) is 8.97. The monoisotopic (exact) mass is 415 g/mol. The van der Waals surface area contributed by atoms with Gasteiger partial charge in [0.1, 0.15) is 5.75 Å². The predicted molar refractivity (Wildman–Crippen MR) is 110 cm³/mol. The maximum Gasteiger partial charge on any atom is 0.323 e. The van der Waals surface area contributed by atoms with E-state index in [1.165, 1.54) is 27.8 Å². The number of nitrogens with zero attached hydrogens (tertiary/aromatic N) is 1. The van der Waals surface area contributed by atoms with Gasteiger partial charge in [0, 0.05) is 4.88 Å². The third-order valence-corrected chi connectivity index (χ3v) is 6.95. The number of methoxy groups -OCH3 is 1. The van der Waals surface area contributed by atoms with Gasteiger partial charge in [-0.15, -0.1) is 11.3 Å². The Balaban J connectivity index is 1.81. The lowest BCUT2D eigenvalue weighted by Crippen LogP contribution is -2.30. The first-order valence-electron chi connectivity index (χ1n) is 8.38. The molecule has 0 radical (unpaired) electrons. The summed E-state index contributed by atoms with van der Waals surface area (Å²) in [7, 11) is -2.31. The number of imidazole rings is 1. The molecule has 0 saturated heterocycles. The van der Waals surface area contributed by atoms with Gasteiger partial charge in [-0.05, 0) is 53.9 Å². The second-order valence-electron chi connectivity index (χ2n) is 6.08. The van der Waals surface area contributed by atoms with Gasteiger partial charge in [0.25, 0.3) is 10.0 Å². The average molecular weight is 415 g/mol. The summed E-state index contributed by atoms with van der Waals surface area (Å²) >= 11 is 1.49. The fourth-order valence-corrected chi connectivity index (χ4v) is 5.15. The molecule has 4 rings (SSSR count). The summed E-state index contributed by atoms with van der Waals surface area (Å²) in [4.78, 5) is 17.7. The lowest BCUT2D eigenvalue weighted by atomic mass is 10.3. The number of benzene rings is 2. The van der Waals surface area contributed by atoms with E-state index in [4.69, 9.17) is 4.74 Å². The molecule has 2 aromatic heterocycles. The maximum absolute atomic E-state index is 13.5. The van der Waals surface area contributed by atoms with E-state index in [1.807, 2.05) is 17.5 Å². The summed E-state index contributed by atoms with van der Waals surface area (Å²) in [6.07, 6.45) is 0. The molecule has 2 aromatic carbocycles. The number of rotatable bonds is 6. The Morgan fingerprint density at radius 1 is 1.04 bits per heavy atom. The van der Waals surface area contributed by atoms with Crippen molar-refractivity contribution in [3.63, 3.8) is 0 Å². The molecule has 9 heteroatoms. The standard InChI is InChI=1S/C19H17N3O4S2/c1-26-14-6-4-13(5-7-14)22(12-15-3-2-10-27-15)28(24,25)16-8-9-17-18(11-16)21-19(23)20-17/h2-11H,12H2,1H3,(H2,20,21,23). The molecule has 7 nitrogen and oxygen atoms in total. The van der Waals surface area contributed by atoms with E-state index in [2.05, 4.69) is 9.97 Å². The molecule has 28 heavy (non-hydrogen) atoms. The van der Waals surface area contributed by atoms with Crippen molar-refractivity contribution >= 4 is 38.1 Å². The van der Waals surface area contributed by atoms with Crippen LogP contribution in [0.15, 0.2) is 69.7 Å². The molecular formula is C19H17N3O4S2. The Morgan fingerprint density at radius 2 is 1.79 bits per heavy atom. The van der Waals surface area contributed by atoms with Gasteiger partial charge in [-0.25, -0.2) is 13.2 Å². The van der Waals surface area contributed by atoms with Crippen molar-refractivity contribution in [2.45, 2.75) is 11.4 Å². The highest BCUT2D eigenvalue weighted by Gasteiger charge is 2.26. The smallest absolute Gasteiger partial charge is 0.323 e. The first-order valence-corrected chi connectivity index (χ1v) is 10.7. The Labute approximate surface area is 165 Å². The number of aromatic amines is 2. The number of H-pyrrole nitrogens is 2. The van der Waals surface area contributed by atoms with Crippen molar-refractivity contribution in [1.29, 1.82) is 0 Å². The molecule has 0 aliphatic rings. The van der Waals surface area contributed by atoms with Gasteiger partial charge >= 0.3 is 5.69 Å². The molecular weight excluding hydrogens is 398 g/mol.